The zero-order valence-corrected chi connectivity index (χ0v) is 15.1. The first-order valence-corrected chi connectivity index (χ1v) is 8.66. The highest BCUT2D eigenvalue weighted by Crippen LogP contribution is 2.22. The highest BCUT2D eigenvalue weighted by atomic mass is 16.2. The number of nitrogen functional groups attached to an aromatic ring is 2. The van der Waals surface area contributed by atoms with Gasteiger partial charge in [-0.1, -0.05) is 60.7 Å². The Morgan fingerprint density at radius 3 is 2.28 bits per heavy atom. The van der Waals surface area contributed by atoms with Crippen LogP contribution in [0.4, 0.5) is 11.6 Å². The Morgan fingerprint density at radius 1 is 0.862 bits per heavy atom. The molecule has 0 saturated heterocycles. The molecule has 2 heterocycles. The fourth-order valence-electron chi connectivity index (χ4n) is 2.62. The van der Waals surface area contributed by atoms with Crippen LogP contribution in [0.15, 0.2) is 65.8 Å². The summed E-state index contributed by atoms with van der Waals surface area (Å²) in [6.45, 7) is 0. The summed E-state index contributed by atoms with van der Waals surface area (Å²) in [6.07, 6.45) is 1.51. The molecule has 1 amide bonds. The van der Waals surface area contributed by atoms with Crippen LogP contribution in [0, 0.1) is 0 Å². The van der Waals surface area contributed by atoms with Crippen molar-refractivity contribution < 1.29 is 4.79 Å². The predicted octanol–water partition coefficient (Wildman–Crippen LogP) is 2.02. The smallest absolute Gasteiger partial charge is 0.293 e. The topological polar surface area (TPSA) is 145 Å². The van der Waals surface area contributed by atoms with Gasteiger partial charge < -0.3 is 11.5 Å². The summed E-state index contributed by atoms with van der Waals surface area (Å²) in [4.78, 5) is 29.4. The number of carbonyl (C=O) groups excluding carboxylic acids is 1. The molecule has 9 nitrogen and oxygen atoms in total. The SMILES string of the molecule is Nc1nc2nc(-c3ccccc3)nc(N)c2nc1C(=O)N/N=C/c1ccccc1. The molecule has 0 fully saturated rings. The summed E-state index contributed by atoms with van der Waals surface area (Å²) in [5.74, 6) is -0.199. The molecule has 29 heavy (non-hydrogen) atoms. The molecule has 9 heteroatoms. The van der Waals surface area contributed by atoms with E-state index in [1.165, 1.54) is 6.21 Å². The molecule has 0 radical (unpaired) electrons. The molecule has 4 aromatic rings. The molecule has 0 atom stereocenters. The molecule has 5 N–H and O–H groups in total. The van der Waals surface area contributed by atoms with E-state index in [-0.39, 0.29) is 28.5 Å². The van der Waals surface area contributed by atoms with E-state index >= 15 is 0 Å². The van der Waals surface area contributed by atoms with E-state index in [0.29, 0.717) is 5.82 Å². The van der Waals surface area contributed by atoms with Gasteiger partial charge in [0.15, 0.2) is 34.3 Å². The van der Waals surface area contributed by atoms with Crippen LogP contribution in [0.25, 0.3) is 22.6 Å². The molecule has 0 saturated carbocycles. The number of carbonyl (C=O) groups is 1. The van der Waals surface area contributed by atoms with Crippen molar-refractivity contribution in [3.05, 3.63) is 71.9 Å². The number of aromatic nitrogens is 4. The van der Waals surface area contributed by atoms with Gasteiger partial charge in [0.1, 0.15) is 0 Å². The number of nitrogens with zero attached hydrogens (tertiary/aromatic N) is 5. The lowest BCUT2D eigenvalue weighted by Gasteiger charge is -2.08. The number of nitrogens with two attached hydrogens (primary N) is 2. The van der Waals surface area contributed by atoms with Crippen LogP contribution in [-0.2, 0) is 0 Å². The lowest BCUT2D eigenvalue weighted by atomic mass is 10.2. The molecule has 0 aliphatic heterocycles. The van der Waals surface area contributed by atoms with Gasteiger partial charge in [-0.15, -0.1) is 0 Å². The van der Waals surface area contributed by atoms with Crippen LogP contribution in [0.5, 0.6) is 0 Å². The second kappa shape index (κ2) is 7.69. The number of hydrazone groups is 1. The Kier molecular flexibility index (Phi) is 4.77. The van der Waals surface area contributed by atoms with E-state index in [4.69, 9.17) is 11.5 Å². The van der Waals surface area contributed by atoms with Crippen molar-refractivity contribution in [1.82, 2.24) is 25.4 Å². The maximum absolute atomic E-state index is 12.4. The second-order valence-electron chi connectivity index (χ2n) is 6.04. The normalized spacial score (nSPS) is 11.0. The Morgan fingerprint density at radius 2 is 1.55 bits per heavy atom. The van der Waals surface area contributed by atoms with Crippen molar-refractivity contribution in [2.45, 2.75) is 0 Å². The van der Waals surface area contributed by atoms with Crippen molar-refractivity contribution in [3.63, 3.8) is 0 Å². The van der Waals surface area contributed by atoms with Gasteiger partial charge in [0, 0.05) is 5.56 Å². The number of rotatable bonds is 4. The minimum Gasteiger partial charge on any atom is -0.382 e. The quantitative estimate of drug-likeness (QED) is 0.360. The molecular weight excluding hydrogens is 368 g/mol. The van der Waals surface area contributed by atoms with Gasteiger partial charge in [0.05, 0.1) is 6.21 Å². The molecule has 0 spiro atoms. The van der Waals surface area contributed by atoms with E-state index < -0.39 is 5.91 Å². The molecule has 0 unspecified atom stereocenters. The highest BCUT2D eigenvalue weighted by molar-refractivity contribution is 5.99. The summed E-state index contributed by atoms with van der Waals surface area (Å²) in [7, 11) is 0. The molecule has 0 aliphatic rings. The minimum atomic E-state index is -0.615. The third-order valence-electron chi connectivity index (χ3n) is 4.01. The summed E-state index contributed by atoms with van der Waals surface area (Å²) in [5.41, 5.74) is 16.2. The Hall–Kier alpha value is -4.40. The summed E-state index contributed by atoms with van der Waals surface area (Å²) in [6, 6.07) is 18.6. The van der Waals surface area contributed by atoms with Gasteiger partial charge in [-0.05, 0) is 5.56 Å². The maximum Gasteiger partial charge on any atom is 0.293 e. The number of hydrogen-bond donors (Lipinski definition) is 3. The van der Waals surface area contributed by atoms with Gasteiger partial charge in [-0.2, -0.15) is 5.10 Å². The first kappa shape index (κ1) is 18.0. The van der Waals surface area contributed by atoms with Crippen molar-refractivity contribution in [3.8, 4) is 11.4 Å². The second-order valence-corrected chi connectivity index (χ2v) is 6.04. The first-order chi connectivity index (χ1) is 14.1. The van der Waals surface area contributed by atoms with Crippen molar-refractivity contribution in [2.75, 3.05) is 11.5 Å². The Labute approximate surface area is 165 Å². The molecule has 0 bridgehead atoms. The highest BCUT2D eigenvalue weighted by Gasteiger charge is 2.17. The zero-order chi connectivity index (χ0) is 20.2. The van der Waals surface area contributed by atoms with Crippen LogP contribution < -0.4 is 16.9 Å². The minimum absolute atomic E-state index is 0.0815. The molecule has 142 valence electrons. The number of benzene rings is 2. The molecular formula is C20H16N8O. The largest absolute Gasteiger partial charge is 0.382 e. The van der Waals surface area contributed by atoms with Crippen LogP contribution in [-0.4, -0.2) is 32.1 Å². The standard InChI is InChI=1S/C20H16N8O/c21-16-14-19(27-18(25-16)13-9-5-2-6-10-13)26-17(22)15(24-14)20(29)28-23-11-12-7-3-1-4-8-12/h1-11H,(H,28,29)(H4,21,22,25,26,27)/b23-11+. The number of amides is 1. The lowest BCUT2D eigenvalue weighted by molar-refractivity contribution is 0.0951. The van der Waals surface area contributed by atoms with Crippen LogP contribution in [0.1, 0.15) is 16.1 Å². The van der Waals surface area contributed by atoms with Crippen LogP contribution >= 0.6 is 0 Å². The molecule has 2 aromatic carbocycles. The number of fused-ring (bicyclic) bond motifs is 1. The van der Waals surface area contributed by atoms with Crippen molar-refractivity contribution in [1.29, 1.82) is 0 Å². The third-order valence-corrected chi connectivity index (χ3v) is 4.01. The Bertz CT molecular complexity index is 1210. The summed E-state index contributed by atoms with van der Waals surface area (Å²) in [5, 5.41) is 3.90. The lowest BCUT2D eigenvalue weighted by Crippen LogP contribution is -2.22. The van der Waals surface area contributed by atoms with E-state index in [1.54, 1.807) is 0 Å². The number of anilines is 2. The van der Waals surface area contributed by atoms with Gasteiger partial charge >= 0.3 is 0 Å². The summed E-state index contributed by atoms with van der Waals surface area (Å²) >= 11 is 0. The Balaban J connectivity index is 1.64. The summed E-state index contributed by atoms with van der Waals surface area (Å²) < 4.78 is 0. The van der Waals surface area contributed by atoms with Crippen LogP contribution in [0.3, 0.4) is 0 Å². The maximum atomic E-state index is 12.4. The van der Waals surface area contributed by atoms with E-state index in [2.05, 4.69) is 30.5 Å². The van der Waals surface area contributed by atoms with E-state index in [9.17, 15) is 4.79 Å². The number of nitrogens with one attached hydrogen (secondary N) is 1. The average molecular weight is 384 g/mol. The van der Waals surface area contributed by atoms with E-state index in [0.717, 1.165) is 11.1 Å². The molecule has 2 aromatic heterocycles. The van der Waals surface area contributed by atoms with Crippen molar-refractivity contribution >= 4 is 34.9 Å². The van der Waals surface area contributed by atoms with Gasteiger partial charge in [-0.25, -0.2) is 25.4 Å². The van der Waals surface area contributed by atoms with Crippen LogP contribution in [0.2, 0.25) is 0 Å². The predicted molar refractivity (Wildman–Crippen MR) is 111 cm³/mol. The van der Waals surface area contributed by atoms with Gasteiger partial charge in [-0.3, -0.25) is 4.79 Å². The van der Waals surface area contributed by atoms with Crippen molar-refractivity contribution in [2.24, 2.45) is 5.10 Å². The third kappa shape index (κ3) is 3.83. The molecule has 0 aliphatic carbocycles. The van der Waals surface area contributed by atoms with Gasteiger partial charge in [0.25, 0.3) is 5.91 Å². The fraction of sp³-hybridized carbons (Fsp3) is 0. The first-order valence-electron chi connectivity index (χ1n) is 8.66. The fourth-order valence-corrected chi connectivity index (χ4v) is 2.62. The monoisotopic (exact) mass is 384 g/mol. The number of hydrogen-bond acceptors (Lipinski definition) is 8. The zero-order valence-electron chi connectivity index (χ0n) is 15.1. The van der Waals surface area contributed by atoms with E-state index in [1.807, 2.05) is 60.7 Å². The van der Waals surface area contributed by atoms with Gasteiger partial charge in [0.2, 0.25) is 0 Å². The average Bonchev–Trinajstić information content (AvgIpc) is 2.74. The molecule has 4 rings (SSSR count).